The molecular weight excluding hydrogens is 164 g/mol. The Balaban J connectivity index is 2.60. The zero-order chi connectivity index (χ0) is 9.42. The highest BCUT2D eigenvalue weighted by atomic mass is 16.3. The Hall–Kier alpha value is -1.22. The monoisotopic (exact) mass is 178 g/mol. The van der Waals surface area contributed by atoms with Gasteiger partial charge in [-0.3, -0.25) is 0 Å². The average molecular weight is 178 g/mol. The Bertz CT molecular complexity index is 336. The van der Waals surface area contributed by atoms with Crippen LogP contribution in [-0.4, -0.2) is 5.11 Å². The molecule has 70 valence electrons. The molecule has 0 saturated carbocycles. The number of rotatable bonds is 0. The van der Waals surface area contributed by atoms with Crippen LogP contribution in [0.4, 0.5) is 5.69 Å². The van der Waals surface area contributed by atoms with E-state index in [0.717, 1.165) is 30.4 Å². The lowest BCUT2D eigenvalue weighted by Crippen LogP contribution is -2.19. The maximum absolute atomic E-state index is 9.59. The van der Waals surface area contributed by atoms with E-state index >= 15 is 0 Å². The maximum atomic E-state index is 9.59. The standard InChI is InChI=1S/C10H14N2O/c11-7-3-1-2-6-9(13)5-4-8(12)10(6)7/h4-5,7,13H,1-3,11-12H2. The Morgan fingerprint density at radius 2 is 2.15 bits per heavy atom. The number of nitrogens with two attached hydrogens (primary N) is 2. The predicted molar refractivity (Wildman–Crippen MR) is 52.4 cm³/mol. The van der Waals surface area contributed by atoms with Crippen LogP contribution in [0.25, 0.3) is 0 Å². The SMILES string of the molecule is Nc1ccc(O)c2c1C(N)CCC2. The summed E-state index contributed by atoms with van der Waals surface area (Å²) in [7, 11) is 0. The Morgan fingerprint density at radius 3 is 2.85 bits per heavy atom. The van der Waals surface area contributed by atoms with E-state index in [1.54, 1.807) is 12.1 Å². The lowest BCUT2D eigenvalue weighted by atomic mass is 9.86. The summed E-state index contributed by atoms with van der Waals surface area (Å²) >= 11 is 0. The molecular formula is C10H14N2O. The predicted octanol–water partition coefficient (Wildman–Crippen LogP) is 1.31. The number of fused-ring (bicyclic) bond motifs is 1. The van der Waals surface area contributed by atoms with Crippen LogP contribution in [0.5, 0.6) is 5.75 Å². The average Bonchev–Trinajstić information content (AvgIpc) is 2.12. The van der Waals surface area contributed by atoms with Gasteiger partial charge in [0.25, 0.3) is 0 Å². The Labute approximate surface area is 77.4 Å². The zero-order valence-corrected chi connectivity index (χ0v) is 7.46. The molecule has 13 heavy (non-hydrogen) atoms. The Kier molecular flexibility index (Phi) is 1.88. The number of hydrogen-bond donors (Lipinski definition) is 3. The summed E-state index contributed by atoms with van der Waals surface area (Å²) in [6, 6.07) is 3.36. The van der Waals surface area contributed by atoms with Crippen molar-refractivity contribution >= 4 is 5.69 Å². The van der Waals surface area contributed by atoms with Gasteiger partial charge in [-0.15, -0.1) is 0 Å². The van der Waals surface area contributed by atoms with Gasteiger partial charge in [0, 0.05) is 17.3 Å². The van der Waals surface area contributed by atoms with Gasteiger partial charge in [-0.1, -0.05) is 0 Å². The van der Waals surface area contributed by atoms with E-state index in [1.807, 2.05) is 0 Å². The molecule has 0 bridgehead atoms. The normalized spacial score (nSPS) is 21.2. The van der Waals surface area contributed by atoms with Crippen LogP contribution in [0.1, 0.15) is 30.0 Å². The second kappa shape index (κ2) is 2.92. The summed E-state index contributed by atoms with van der Waals surface area (Å²) in [5.41, 5.74) is 14.3. The van der Waals surface area contributed by atoms with Gasteiger partial charge in [-0.2, -0.15) is 0 Å². The largest absolute Gasteiger partial charge is 0.508 e. The molecule has 2 rings (SSSR count). The first kappa shape index (κ1) is 8.38. The highest BCUT2D eigenvalue weighted by Gasteiger charge is 2.21. The molecule has 1 aromatic rings. The third-order valence-electron chi connectivity index (χ3n) is 2.68. The third-order valence-corrected chi connectivity index (χ3v) is 2.68. The second-order valence-electron chi connectivity index (χ2n) is 3.56. The number of hydrogen-bond acceptors (Lipinski definition) is 3. The summed E-state index contributed by atoms with van der Waals surface area (Å²) in [4.78, 5) is 0. The topological polar surface area (TPSA) is 72.3 Å². The van der Waals surface area contributed by atoms with Gasteiger partial charge in [0.2, 0.25) is 0 Å². The minimum absolute atomic E-state index is 0.00384. The van der Waals surface area contributed by atoms with E-state index in [0.29, 0.717) is 11.4 Å². The number of nitrogen functional groups attached to an aromatic ring is 1. The van der Waals surface area contributed by atoms with Gasteiger partial charge in [0.05, 0.1) is 0 Å². The lowest BCUT2D eigenvalue weighted by molar-refractivity contribution is 0.455. The van der Waals surface area contributed by atoms with Crippen molar-refractivity contribution in [3.05, 3.63) is 23.3 Å². The molecule has 1 aliphatic rings. The molecule has 0 fully saturated rings. The molecule has 0 radical (unpaired) electrons. The van der Waals surface area contributed by atoms with Crippen molar-refractivity contribution in [1.29, 1.82) is 0 Å². The van der Waals surface area contributed by atoms with Gasteiger partial charge in [-0.05, 0) is 37.0 Å². The van der Waals surface area contributed by atoms with E-state index in [9.17, 15) is 5.11 Å². The molecule has 1 atom stereocenters. The molecule has 0 saturated heterocycles. The fourth-order valence-corrected chi connectivity index (χ4v) is 2.01. The van der Waals surface area contributed by atoms with E-state index in [2.05, 4.69) is 0 Å². The van der Waals surface area contributed by atoms with Crippen LogP contribution in [0.3, 0.4) is 0 Å². The van der Waals surface area contributed by atoms with Crippen LogP contribution in [-0.2, 0) is 6.42 Å². The zero-order valence-electron chi connectivity index (χ0n) is 7.46. The van der Waals surface area contributed by atoms with Crippen LogP contribution in [0, 0.1) is 0 Å². The third kappa shape index (κ3) is 1.25. The van der Waals surface area contributed by atoms with Crippen molar-refractivity contribution in [2.75, 3.05) is 5.73 Å². The van der Waals surface area contributed by atoms with E-state index < -0.39 is 0 Å². The molecule has 1 aromatic carbocycles. The molecule has 0 spiro atoms. The molecule has 0 aliphatic heterocycles. The Morgan fingerprint density at radius 1 is 1.38 bits per heavy atom. The fraction of sp³-hybridized carbons (Fsp3) is 0.400. The molecule has 3 heteroatoms. The smallest absolute Gasteiger partial charge is 0.119 e. The van der Waals surface area contributed by atoms with Gasteiger partial charge in [0.1, 0.15) is 5.75 Å². The molecule has 3 nitrogen and oxygen atoms in total. The first-order chi connectivity index (χ1) is 6.20. The van der Waals surface area contributed by atoms with Crippen molar-refractivity contribution < 1.29 is 5.11 Å². The molecule has 0 amide bonds. The summed E-state index contributed by atoms with van der Waals surface area (Å²) in [6.07, 6.45) is 2.88. The van der Waals surface area contributed by atoms with E-state index in [-0.39, 0.29) is 6.04 Å². The first-order valence-electron chi connectivity index (χ1n) is 4.56. The minimum atomic E-state index is -0.00384. The van der Waals surface area contributed by atoms with Crippen molar-refractivity contribution in [1.82, 2.24) is 0 Å². The lowest BCUT2D eigenvalue weighted by Gasteiger charge is -2.24. The summed E-state index contributed by atoms with van der Waals surface area (Å²) in [5.74, 6) is 0.333. The number of phenolic OH excluding ortho intramolecular Hbond substituents is 1. The van der Waals surface area contributed by atoms with E-state index in [1.165, 1.54) is 0 Å². The summed E-state index contributed by atoms with van der Waals surface area (Å²) in [6.45, 7) is 0. The number of phenols is 1. The van der Waals surface area contributed by atoms with Crippen LogP contribution in [0.2, 0.25) is 0 Å². The number of aromatic hydroxyl groups is 1. The van der Waals surface area contributed by atoms with Crippen LogP contribution < -0.4 is 11.5 Å². The molecule has 0 aromatic heterocycles. The highest BCUT2D eigenvalue weighted by molar-refractivity contribution is 5.58. The molecule has 0 heterocycles. The van der Waals surface area contributed by atoms with Gasteiger partial charge < -0.3 is 16.6 Å². The number of benzene rings is 1. The first-order valence-corrected chi connectivity index (χ1v) is 4.56. The molecule has 1 aliphatic carbocycles. The van der Waals surface area contributed by atoms with Crippen molar-refractivity contribution in [3.63, 3.8) is 0 Å². The molecule has 1 unspecified atom stereocenters. The highest BCUT2D eigenvalue weighted by Crippen LogP contribution is 2.37. The van der Waals surface area contributed by atoms with Crippen molar-refractivity contribution in [3.8, 4) is 5.75 Å². The molecule has 5 N–H and O–H groups in total. The van der Waals surface area contributed by atoms with E-state index in [4.69, 9.17) is 11.5 Å². The van der Waals surface area contributed by atoms with Crippen molar-refractivity contribution in [2.45, 2.75) is 25.3 Å². The van der Waals surface area contributed by atoms with Gasteiger partial charge >= 0.3 is 0 Å². The summed E-state index contributed by atoms with van der Waals surface area (Å²) in [5, 5.41) is 9.59. The number of anilines is 1. The van der Waals surface area contributed by atoms with Gasteiger partial charge in [0.15, 0.2) is 0 Å². The second-order valence-corrected chi connectivity index (χ2v) is 3.56. The van der Waals surface area contributed by atoms with Gasteiger partial charge in [-0.25, -0.2) is 0 Å². The summed E-state index contributed by atoms with van der Waals surface area (Å²) < 4.78 is 0. The minimum Gasteiger partial charge on any atom is -0.508 e. The maximum Gasteiger partial charge on any atom is 0.119 e. The van der Waals surface area contributed by atoms with Crippen LogP contribution in [0.15, 0.2) is 12.1 Å². The van der Waals surface area contributed by atoms with Crippen LogP contribution >= 0.6 is 0 Å². The fourth-order valence-electron chi connectivity index (χ4n) is 2.01. The van der Waals surface area contributed by atoms with Crippen molar-refractivity contribution in [2.24, 2.45) is 5.73 Å². The quantitative estimate of drug-likeness (QED) is 0.414.